The van der Waals surface area contributed by atoms with Gasteiger partial charge < -0.3 is 23.5 Å². The average molecular weight is 493 g/mol. The minimum atomic E-state index is -4.70. The second-order valence-electron chi connectivity index (χ2n) is 7.63. The van der Waals surface area contributed by atoms with Crippen molar-refractivity contribution in [1.82, 2.24) is 0 Å². The molecule has 0 radical (unpaired) electrons. The van der Waals surface area contributed by atoms with Crippen molar-refractivity contribution in [3.05, 3.63) is 0 Å². The molecule has 0 saturated carbocycles. The summed E-state index contributed by atoms with van der Waals surface area (Å²) in [6.07, 6.45) is 12.8. The molecule has 1 unspecified atom stereocenters. The standard InChI is InChI=1S/C22H46O8S.Na/c1-3-5-6-7-8-9-10-11-12-13-14-26-15-16-27-17-18-28-19-20-29-21-22(4-2)30-31(23,24)25;/h22H,3-21H2,1-2H3,(H,23,24,25);/q;+1/p-1. The first kappa shape index (κ1) is 34.9. The van der Waals surface area contributed by atoms with Gasteiger partial charge in [-0.15, -0.1) is 0 Å². The third kappa shape index (κ3) is 28.7. The maximum atomic E-state index is 10.5. The topological polar surface area (TPSA) is 103 Å². The Morgan fingerprint density at radius 3 is 1.47 bits per heavy atom. The van der Waals surface area contributed by atoms with E-state index in [9.17, 15) is 13.0 Å². The van der Waals surface area contributed by atoms with Crippen molar-refractivity contribution in [2.24, 2.45) is 0 Å². The summed E-state index contributed by atoms with van der Waals surface area (Å²) < 4.78 is 57.6. The molecule has 0 aromatic heterocycles. The van der Waals surface area contributed by atoms with Crippen molar-refractivity contribution >= 4 is 10.4 Å². The maximum Gasteiger partial charge on any atom is 1.00 e. The predicted octanol–water partition coefficient (Wildman–Crippen LogP) is 1.23. The van der Waals surface area contributed by atoms with Crippen LogP contribution in [0.3, 0.4) is 0 Å². The van der Waals surface area contributed by atoms with Crippen LogP contribution in [-0.2, 0) is 33.5 Å². The van der Waals surface area contributed by atoms with Crippen LogP contribution in [0.4, 0.5) is 0 Å². The molecule has 0 N–H and O–H groups in total. The van der Waals surface area contributed by atoms with Gasteiger partial charge in [0.2, 0.25) is 10.4 Å². The Balaban J connectivity index is 0. The summed E-state index contributed by atoms with van der Waals surface area (Å²) in [6.45, 7) is 7.54. The van der Waals surface area contributed by atoms with Crippen molar-refractivity contribution in [3.8, 4) is 0 Å². The molecule has 0 fully saturated rings. The van der Waals surface area contributed by atoms with E-state index in [0.717, 1.165) is 13.0 Å². The molecule has 1 atom stereocenters. The zero-order valence-corrected chi connectivity index (χ0v) is 23.5. The Hall–Kier alpha value is 0.710. The number of rotatable bonds is 25. The van der Waals surface area contributed by atoms with Crippen LogP contribution in [0.15, 0.2) is 0 Å². The fourth-order valence-corrected chi connectivity index (χ4v) is 3.47. The molecule has 0 bridgehead atoms. The van der Waals surface area contributed by atoms with Crippen molar-refractivity contribution in [1.29, 1.82) is 0 Å². The summed E-state index contributed by atoms with van der Waals surface area (Å²) >= 11 is 0. The van der Waals surface area contributed by atoms with E-state index < -0.39 is 16.5 Å². The minimum Gasteiger partial charge on any atom is -0.726 e. The first-order valence-electron chi connectivity index (χ1n) is 11.9. The first-order chi connectivity index (χ1) is 15.0. The van der Waals surface area contributed by atoms with E-state index in [1.165, 1.54) is 57.8 Å². The van der Waals surface area contributed by atoms with Crippen LogP contribution in [0.25, 0.3) is 0 Å². The van der Waals surface area contributed by atoms with Gasteiger partial charge in [-0.05, 0) is 12.8 Å². The fraction of sp³-hybridized carbons (Fsp3) is 1.00. The molecule has 0 rings (SSSR count). The quantitative estimate of drug-likeness (QED) is 0.0812. The van der Waals surface area contributed by atoms with Gasteiger partial charge in [-0.2, -0.15) is 0 Å². The summed E-state index contributed by atoms with van der Waals surface area (Å²) in [4.78, 5) is 0. The molecule has 188 valence electrons. The SMILES string of the molecule is CCCCCCCCCCCCOCCOCCOCCOCC(CC)OS(=O)(=O)[O-].[Na+]. The second-order valence-corrected chi connectivity index (χ2v) is 8.64. The third-order valence-corrected chi connectivity index (χ3v) is 5.28. The van der Waals surface area contributed by atoms with Gasteiger partial charge in [0.1, 0.15) is 0 Å². The van der Waals surface area contributed by atoms with E-state index >= 15 is 0 Å². The van der Waals surface area contributed by atoms with E-state index in [1.807, 2.05) is 0 Å². The van der Waals surface area contributed by atoms with Crippen LogP contribution >= 0.6 is 0 Å². The summed E-state index contributed by atoms with van der Waals surface area (Å²) in [5.41, 5.74) is 0. The third-order valence-electron chi connectivity index (χ3n) is 4.77. The Kier molecular flexibility index (Phi) is 28.7. The van der Waals surface area contributed by atoms with Gasteiger partial charge in [-0.25, -0.2) is 8.42 Å². The van der Waals surface area contributed by atoms with Gasteiger partial charge in [0.15, 0.2) is 0 Å². The van der Waals surface area contributed by atoms with Crippen molar-refractivity contribution < 1.29 is 65.7 Å². The molecule has 0 amide bonds. The Morgan fingerprint density at radius 1 is 0.625 bits per heavy atom. The second kappa shape index (κ2) is 26.3. The van der Waals surface area contributed by atoms with Crippen LogP contribution in [0.2, 0.25) is 0 Å². The van der Waals surface area contributed by atoms with Gasteiger partial charge in [-0.3, -0.25) is 4.18 Å². The zero-order valence-electron chi connectivity index (χ0n) is 20.7. The van der Waals surface area contributed by atoms with Gasteiger partial charge in [-0.1, -0.05) is 71.6 Å². The van der Waals surface area contributed by atoms with Crippen LogP contribution in [0.1, 0.15) is 84.5 Å². The number of hydrogen-bond acceptors (Lipinski definition) is 8. The summed E-state index contributed by atoms with van der Waals surface area (Å²) in [5.74, 6) is 0. The molecule has 10 heteroatoms. The van der Waals surface area contributed by atoms with Crippen molar-refractivity contribution in [3.63, 3.8) is 0 Å². The van der Waals surface area contributed by atoms with Crippen LogP contribution in [-0.4, -0.2) is 71.9 Å². The van der Waals surface area contributed by atoms with Gasteiger partial charge in [0.05, 0.1) is 52.4 Å². The fourth-order valence-electron chi connectivity index (χ4n) is 2.95. The monoisotopic (exact) mass is 492 g/mol. The Bertz CT molecular complexity index is 465. The Morgan fingerprint density at radius 2 is 1.03 bits per heavy atom. The predicted molar refractivity (Wildman–Crippen MR) is 120 cm³/mol. The molecular formula is C22H45NaO8S. The molecule has 0 aliphatic heterocycles. The summed E-state index contributed by atoms with van der Waals surface area (Å²) in [6, 6.07) is 0. The minimum absolute atomic E-state index is 0. The van der Waals surface area contributed by atoms with Gasteiger partial charge in [0.25, 0.3) is 0 Å². The molecular weight excluding hydrogens is 447 g/mol. The van der Waals surface area contributed by atoms with Crippen LogP contribution in [0, 0.1) is 0 Å². The van der Waals surface area contributed by atoms with Crippen molar-refractivity contribution in [2.45, 2.75) is 90.6 Å². The molecule has 0 aromatic carbocycles. The number of hydrogen-bond donors (Lipinski definition) is 0. The normalized spacial score (nSPS) is 12.6. The van der Waals surface area contributed by atoms with E-state index in [-0.39, 0.29) is 36.2 Å². The molecule has 0 heterocycles. The van der Waals surface area contributed by atoms with Crippen molar-refractivity contribution in [2.75, 3.05) is 52.9 Å². The maximum absolute atomic E-state index is 10.5. The van der Waals surface area contributed by atoms with E-state index in [2.05, 4.69) is 11.1 Å². The van der Waals surface area contributed by atoms with E-state index in [1.54, 1.807) is 6.92 Å². The smallest absolute Gasteiger partial charge is 0.726 e. The summed E-state index contributed by atoms with van der Waals surface area (Å²) in [7, 11) is -4.70. The van der Waals surface area contributed by atoms with Crippen LogP contribution in [0.5, 0.6) is 0 Å². The molecule has 8 nitrogen and oxygen atoms in total. The van der Waals surface area contributed by atoms with Crippen LogP contribution < -0.4 is 29.6 Å². The Labute approximate surface area is 218 Å². The van der Waals surface area contributed by atoms with E-state index in [4.69, 9.17) is 18.9 Å². The molecule has 0 aromatic rings. The molecule has 32 heavy (non-hydrogen) atoms. The average Bonchev–Trinajstić information content (AvgIpc) is 2.73. The molecule has 0 saturated heterocycles. The zero-order chi connectivity index (χ0) is 23.0. The molecule has 0 aliphatic carbocycles. The largest absolute Gasteiger partial charge is 1.00 e. The van der Waals surface area contributed by atoms with E-state index in [0.29, 0.717) is 46.1 Å². The van der Waals surface area contributed by atoms with Gasteiger partial charge >= 0.3 is 29.6 Å². The molecule has 0 spiro atoms. The molecule has 0 aliphatic rings. The van der Waals surface area contributed by atoms with Gasteiger partial charge in [0, 0.05) is 6.61 Å². The number of unbranched alkanes of at least 4 members (excludes halogenated alkanes) is 9. The summed E-state index contributed by atoms with van der Waals surface area (Å²) in [5, 5.41) is 0. The first-order valence-corrected chi connectivity index (χ1v) is 13.3. The number of ether oxygens (including phenoxy) is 4.